The van der Waals surface area contributed by atoms with E-state index in [9.17, 15) is 5.11 Å². The van der Waals surface area contributed by atoms with Crippen molar-refractivity contribution in [1.82, 2.24) is 0 Å². The van der Waals surface area contributed by atoms with E-state index in [0.717, 1.165) is 22.8 Å². The summed E-state index contributed by atoms with van der Waals surface area (Å²) in [7, 11) is 0. The van der Waals surface area contributed by atoms with E-state index in [0.29, 0.717) is 18.2 Å². The molecule has 1 aliphatic carbocycles. The van der Waals surface area contributed by atoms with Crippen LogP contribution < -0.4 is 5.73 Å². The quantitative estimate of drug-likeness (QED) is 0.797. The largest absolute Gasteiger partial charge is 0.387 e. The van der Waals surface area contributed by atoms with E-state index >= 15 is 0 Å². The summed E-state index contributed by atoms with van der Waals surface area (Å²) >= 11 is 7.45. The highest BCUT2D eigenvalue weighted by Crippen LogP contribution is 2.41. The number of nitrogens with two attached hydrogens (primary N) is 1. The minimum atomic E-state index is -0.690. The molecule has 1 aliphatic rings. The minimum Gasteiger partial charge on any atom is -0.387 e. The molecule has 1 atom stereocenters. The number of hydrogen-bond acceptors (Lipinski definition) is 3. The number of benzene rings is 1. The first-order valence-electron chi connectivity index (χ1n) is 5.45. The lowest BCUT2D eigenvalue weighted by atomic mass is 10.0. The van der Waals surface area contributed by atoms with Crippen molar-refractivity contribution in [3.05, 3.63) is 29.3 Å². The summed E-state index contributed by atoms with van der Waals surface area (Å²) in [6.45, 7) is 0.345. The maximum absolute atomic E-state index is 10.3. The Balaban J connectivity index is 1.92. The summed E-state index contributed by atoms with van der Waals surface area (Å²) in [4.78, 5) is 1.12. The number of rotatable bonds is 5. The maximum atomic E-state index is 10.3. The summed E-state index contributed by atoms with van der Waals surface area (Å²) in [5.41, 5.74) is 4.96. The topological polar surface area (TPSA) is 46.2 Å². The summed E-state index contributed by atoms with van der Waals surface area (Å²) < 4.78 is 0. The SMILES string of the molecule is NCC(O)(CSc1ccc(Cl)cc1)C1CC1. The van der Waals surface area contributed by atoms with Crippen LogP contribution >= 0.6 is 23.4 Å². The first kappa shape index (κ1) is 12.2. The van der Waals surface area contributed by atoms with Gasteiger partial charge in [0.2, 0.25) is 0 Å². The van der Waals surface area contributed by atoms with Crippen LogP contribution in [0.2, 0.25) is 5.02 Å². The Bertz CT molecular complexity index is 353. The van der Waals surface area contributed by atoms with Gasteiger partial charge in [0.1, 0.15) is 0 Å². The average Bonchev–Trinajstić information content (AvgIpc) is 3.12. The first-order valence-corrected chi connectivity index (χ1v) is 6.81. The monoisotopic (exact) mass is 257 g/mol. The fourth-order valence-electron chi connectivity index (χ4n) is 1.70. The molecular weight excluding hydrogens is 242 g/mol. The molecule has 0 saturated heterocycles. The Morgan fingerprint density at radius 2 is 2.00 bits per heavy atom. The number of thioether (sulfide) groups is 1. The minimum absolute atomic E-state index is 0.345. The van der Waals surface area contributed by atoms with Gasteiger partial charge >= 0.3 is 0 Å². The van der Waals surface area contributed by atoms with Gasteiger partial charge in [-0.25, -0.2) is 0 Å². The normalized spacial score (nSPS) is 19.4. The molecule has 2 rings (SSSR count). The molecule has 0 aliphatic heterocycles. The fraction of sp³-hybridized carbons (Fsp3) is 0.500. The Hall–Kier alpha value is -0.220. The van der Waals surface area contributed by atoms with Crippen molar-refractivity contribution in [2.24, 2.45) is 11.7 Å². The van der Waals surface area contributed by atoms with E-state index < -0.39 is 5.60 Å². The molecule has 3 N–H and O–H groups in total. The molecule has 1 aromatic rings. The van der Waals surface area contributed by atoms with Crippen molar-refractivity contribution in [1.29, 1.82) is 0 Å². The van der Waals surface area contributed by atoms with E-state index in [-0.39, 0.29) is 0 Å². The van der Waals surface area contributed by atoms with Crippen LogP contribution in [0.3, 0.4) is 0 Å². The van der Waals surface area contributed by atoms with E-state index in [1.165, 1.54) is 0 Å². The van der Waals surface area contributed by atoms with E-state index in [1.54, 1.807) is 11.8 Å². The van der Waals surface area contributed by atoms with Crippen molar-refractivity contribution in [2.45, 2.75) is 23.3 Å². The highest BCUT2D eigenvalue weighted by atomic mass is 35.5. The summed E-state index contributed by atoms with van der Waals surface area (Å²) in [5, 5.41) is 11.0. The molecule has 0 aromatic heterocycles. The van der Waals surface area contributed by atoms with Crippen molar-refractivity contribution in [3.8, 4) is 0 Å². The maximum Gasteiger partial charge on any atom is 0.0890 e. The average molecular weight is 258 g/mol. The molecule has 0 amide bonds. The predicted molar refractivity (Wildman–Crippen MR) is 68.9 cm³/mol. The molecule has 4 heteroatoms. The van der Waals surface area contributed by atoms with Gasteiger partial charge in [0, 0.05) is 22.2 Å². The van der Waals surface area contributed by atoms with E-state index in [1.807, 2.05) is 24.3 Å². The predicted octanol–water partition coefficient (Wildman–Crippen LogP) is 2.53. The molecule has 1 aromatic carbocycles. The smallest absolute Gasteiger partial charge is 0.0890 e. The molecule has 0 radical (unpaired) electrons. The first-order chi connectivity index (χ1) is 7.64. The fourth-order valence-corrected chi connectivity index (χ4v) is 2.93. The second-order valence-corrected chi connectivity index (χ2v) is 5.81. The highest BCUT2D eigenvalue weighted by molar-refractivity contribution is 7.99. The third kappa shape index (κ3) is 2.92. The molecule has 0 spiro atoms. The van der Waals surface area contributed by atoms with E-state index in [2.05, 4.69) is 0 Å². The lowest BCUT2D eigenvalue weighted by Gasteiger charge is -2.25. The van der Waals surface area contributed by atoms with Gasteiger partial charge in [0.05, 0.1) is 5.60 Å². The van der Waals surface area contributed by atoms with Crippen molar-refractivity contribution < 1.29 is 5.11 Å². The zero-order valence-corrected chi connectivity index (χ0v) is 10.6. The Morgan fingerprint density at radius 1 is 1.38 bits per heavy atom. The van der Waals surface area contributed by atoms with Gasteiger partial charge in [-0.1, -0.05) is 11.6 Å². The molecule has 1 unspecified atom stereocenters. The Morgan fingerprint density at radius 3 is 2.50 bits per heavy atom. The molecule has 2 nitrogen and oxygen atoms in total. The third-order valence-electron chi connectivity index (χ3n) is 2.99. The molecule has 1 fully saturated rings. The van der Waals surface area contributed by atoms with Gasteiger partial charge in [-0.2, -0.15) is 0 Å². The summed E-state index contributed by atoms with van der Waals surface area (Å²) in [6, 6.07) is 7.67. The zero-order valence-electron chi connectivity index (χ0n) is 9.03. The highest BCUT2D eigenvalue weighted by Gasteiger charge is 2.42. The molecule has 16 heavy (non-hydrogen) atoms. The molecule has 0 bridgehead atoms. The Labute approximate surface area is 105 Å². The second kappa shape index (κ2) is 4.96. The van der Waals surface area contributed by atoms with Gasteiger partial charge < -0.3 is 10.8 Å². The zero-order chi connectivity index (χ0) is 11.6. The van der Waals surface area contributed by atoms with Crippen LogP contribution in [0.5, 0.6) is 0 Å². The summed E-state index contributed by atoms with van der Waals surface area (Å²) in [5.74, 6) is 1.06. The van der Waals surface area contributed by atoms with Gasteiger partial charge in [-0.15, -0.1) is 11.8 Å². The van der Waals surface area contributed by atoms with Crippen LogP contribution in [-0.4, -0.2) is 23.0 Å². The van der Waals surface area contributed by atoms with Crippen LogP contribution in [0.15, 0.2) is 29.2 Å². The lowest BCUT2D eigenvalue weighted by Crippen LogP contribution is -2.42. The van der Waals surface area contributed by atoms with Crippen LogP contribution in [0.25, 0.3) is 0 Å². The Kier molecular flexibility index (Phi) is 3.80. The summed E-state index contributed by atoms with van der Waals surface area (Å²) in [6.07, 6.45) is 2.21. The molecule has 88 valence electrons. The second-order valence-electron chi connectivity index (χ2n) is 4.32. The standard InChI is InChI=1S/C12H16ClNOS/c13-10-3-5-11(6-4-10)16-8-12(15,7-14)9-1-2-9/h3-6,9,15H,1-2,7-8,14H2. The van der Waals surface area contributed by atoms with Crippen LogP contribution in [0.4, 0.5) is 0 Å². The van der Waals surface area contributed by atoms with Gasteiger partial charge in [-0.05, 0) is 43.0 Å². The molecule has 0 heterocycles. The number of aliphatic hydroxyl groups is 1. The number of hydrogen-bond donors (Lipinski definition) is 2. The van der Waals surface area contributed by atoms with Crippen molar-refractivity contribution in [3.63, 3.8) is 0 Å². The third-order valence-corrected chi connectivity index (χ3v) is 4.49. The molecule has 1 saturated carbocycles. The number of halogens is 1. The van der Waals surface area contributed by atoms with Crippen LogP contribution in [0.1, 0.15) is 12.8 Å². The lowest BCUT2D eigenvalue weighted by molar-refractivity contribution is 0.0510. The van der Waals surface area contributed by atoms with Gasteiger partial charge in [-0.3, -0.25) is 0 Å². The molecular formula is C12H16ClNOS. The van der Waals surface area contributed by atoms with Gasteiger partial charge in [0.25, 0.3) is 0 Å². The van der Waals surface area contributed by atoms with Crippen molar-refractivity contribution >= 4 is 23.4 Å². The van der Waals surface area contributed by atoms with Crippen molar-refractivity contribution in [2.75, 3.05) is 12.3 Å². The van der Waals surface area contributed by atoms with Gasteiger partial charge in [0.15, 0.2) is 0 Å². The van der Waals surface area contributed by atoms with Crippen LogP contribution in [0, 0.1) is 5.92 Å². The van der Waals surface area contributed by atoms with Crippen LogP contribution in [-0.2, 0) is 0 Å². The van der Waals surface area contributed by atoms with E-state index in [4.69, 9.17) is 17.3 Å².